The molecule has 0 amide bonds. The van der Waals surface area contributed by atoms with Gasteiger partial charge in [-0.1, -0.05) is 28.9 Å². The van der Waals surface area contributed by atoms with E-state index in [4.69, 9.17) is 20.9 Å². The Bertz CT molecular complexity index is 879. The van der Waals surface area contributed by atoms with Crippen molar-refractivity contribution in [1.29, 1.82) is 0 Å². The fourth-order valence-electron chi connectivity index (χ4n) is 2.07. The van der Waals surface area contributed by atoms with Gasteiger partial charge in [0.15, 0.2) is 0 Å². The first-order valence-electron chi connectivity index (χ1n) is 6.51. The molecule has 0 N–H and O–H groups in total. The van der Waals surface area contributed by atoms with E-state index in [0.717, 1.165) is 0 Å². The van der Waals surface area contributed by atoms with Crippen LogP contribution in [0.3, 0.4) is 0 Å². The maximum absolute atomic E-state index is 11.0. The SMILES string of the molecule is COc1ccccc1-c1noc(-c2ccc(Cl)c([N+](=O)[O-])c2)n1. The molecule has 3 aromatic rings. The molecule has 0 aliphatic rings. The molecule has 0 fully saturated rings. The second kappa shape index (κ2) is 6.05. The molecule has 0 aliphatic carbocycles. The van der Waals surface area contributed by atoms with Gasteiger partial charge >= 0.3 is 0 Å². The van der Waals surface area contributed by atoms with Gasteiger partial charge in [0, 0.05) is 11.6 Å². The molecular weight excluding hydrogens is 322 g/mol. The monoisotopic (exact) mass is 331 g/mol. The molecule has 116 valence electrons. The van der Waals surface area contributed by atoms with Gasteiger partial charge in [-0.3, -0.25) is 10.1 Å². The van der Waals surface area contributed by atoms with E-state index in [2.05, 4.69) is 10.1 Å². The summed E-state index contributed by atoms with van der Waals surface area (Å²) in [6, 6.07) is 11.5. The molecule has 0 saturated heterocycles. The number of aromatic nitrogens is 2. The number of para-hydroxylation sites is 1. The number of hydrogen-bond donors (Lipinski definition) is 0. The van der Waals surface area contributed by atoms with Gasteiger partial charge in [-0.25, -0.2) is 0 Å². The molecule has 1 aromatic heterocycles. The van der Waals surface area contributed by atoms with E-state index in [0.29, 0.717) is 22.7 Å². The number of halogens is 1. The third-order valence-electron chi connectivity index (χ3n) is 3.16. The van der Waals surface area contributed by atoms with Crippen LogP contribution in [0.2, 0.25) is 5.02 Å². The molecule has 8 heteroatoms. The number of nitro groups is 1. The van der Waals surface area contributed by atoms with Crippen molar-refractivity contribution in [3.8, 4) is 28.6 Å². The van der Waals surface area contributed by atoms with Gasteiger partial charge in [0.25, 0.3) is 11.6 Å². The first-order chi connectivity index (χ1) is 11.1. The molecule has 23 heavy (non-hydrogen) atoms. The van der Waals surface area contributed by atoms with Gasteiger partial charge in [0.05, 0.1) is 17.6 Å². The van der Waals surface area contributed by atoms with E-state index in [1.54, 1.807) is 25.3 Å². The van der Waals surface area contributed by atoms with E-state index >= 15 is 0 Å². The molecule has 1 heterocycles. The highest BCUT2D eigenvalue weighted by Crippen LogP contribution is 2.32. The number of methoxy groups -OCH3 is 1. The van der Waals surface area contributed by atoms with E-state index in [1.165, 1.54) is 12.1 Å². The average molecular weight is 332 g/mol. The van der Waals surface area contributed by atoms with Crippen LogP contribution < -0.4 is 4.74 Å². The molecule has 0 radical (unpaired) electrons. The third-order valence-corrected chi connectivity index (χ3v) is 3.48. The summed E-state index contributed by atoms with van der Waals surface area (Å²) in [5.41, 5.74) is 0.851. The lowest BCUT2D eigenvalue weighted by Gasteiger charge is -2.03. The standard InChI is InChI=1S/C15H10ClN3O4/c1-22-13-5-3-2-4-10(13)14-17-15(23-18-14)9-6-7-11(16)12(8-9)19(20)21/h2-8H,1H3. The minimum atomic E-state index is -0.566. The maximum Gasteiger partial charge on any atom is 0.288 e. The number of hydrogen-bond acceptors (Lipinski definition) is 6. The Morgan fingerprint density at radius 2 is 2.04 bits per heavy atom. The average Bonchev–Trinajstić information content (AvgIpc) is 3.04. The topological polar surface area (TPSA) is 91.3 Å². The summed E-state index contributed by atoms with van der Waals surface area (Å²) in [6.07, 6.45) is 0. The maximum atomic E-state index is 11.0. The van der Waals surface area contributed by atoms with Crippen LogP contribution in [0, 0.1) is 10.1 Å². The molecule has 0 bridgehead atoms. The smallest absolute Gasteiger partial charge is 0.288 e. The quantitative estimate of drug-likeness (QED) is 0.530. The van der Waals surface area contributed by atoms with Crippen LogP contribution in [-0.2, 0) is 0 Å². The number of nitro benzene ring substituents is 1. The van der Waals surface area contributed by atoms with Gasteiger partial charge in [-0.2, -0.15) is 4.98 Å². The molecule has 0 saturated carbocycles. The van der Waals surface area contributed by atoms with Crippen molar-refractivity contribution in [2.45, 2.75) is 0 Å². The fraction of sp³-hybridized carbons (Fsp3) is 0.0667. The highest BCUT2D eigenvalue weighted by molar-refractivity contribution is 6.32. The molecule has 0 spiro atoms. The van der Waals surface area contributed by atoms with E-state index in [-0.39, 0.29) is 16.6 Å². The summed E-state index contributed by atoms with van der Waals surface area (Å²) in [5, 5.41) is 14.9. The van der Waals surface area contributed by atoms with Crippen molar-refractivity contribution in [3.05, 3.63) is 57.6 Å². The second-order valence-corrected chi connectivity index (χ2v) is 4.95. The van der Waals surface area contributed by atoms with Gasteiger partial charge in [0.2, 0.25) is 5.82 Å². The Balaban J connectivity index is 2.03. The molecule has 0 aliphatic heterocycles. The number of nitrogens with zero attached hydrogens (tertiary/aromatic N) is 3. The Morgan fingerprint density at radius 3 is 2.78 bits per heavy atom. The van der Waals surface area contributed by atoms with Crippen molar-refractivity contribution >= 4 is 17.3 Å². The van der Waals surface area contributed by atoms with Crippen LogP contribution in [-0.4, -0.2) is 22.2 Å². The van der Waals surface area contributed by atoms with Crippen molar-refractivity contribution in [2.24, 2.45) is 0 Å². The predicted octanol–water partition coefficient (Wildman–Crippen LogP) is 3.97. The summed E-state index contributed by atoms with van der Waals surface area (Å²) in [4.78, 5) is 14.7. The van der Waals surface area contributed by atoms with Gasteiger partial charge in [-0.15, -0.1) is 0 Å². The minimum Gasteiger partial charge on any atom is -0.496 e. The number of rotatable bonds is 4. The zero-order valence-electron chi connectivity index (χ0n) is 11.9. The molecular formula is C15H10ClN3O4. The fourth-order valence-corrected chi connectivity index (χ4v) is 2.25. The van der Waals surface area contributed by atoms with Gasteiger partial charge < -0.3 is 9.26 Å². The second-order valence-electron chi connectivity index (χ2n) is 4.55. The minimum absolute atomic E-state index is 0.0446. The highest BCUT2D eigenvalue weighted by atomic mass is 35.5. The van der Waals surface area contributed by atoms with Crippen molar-refractivity contribution in [2.75, 3.05) is 7.11 Å². The van der Waals surface area contributed by atoms with E-state index < -0.39 is 4.92 Å². The van der Waals surface area contributed by atoms with Crippen LogP contribution in [0.4, 0.5) is 5.69 Å². The first kappa shape index (κ1) is 15.0. The zero-order valence-corrected chi connectivity index (χ0v) is 12.6. The molecule has 0 unspecified atom stereocenters. The lowest BCUT2D eigenvalue weighted by Crippen LogP contribution is -1.90. The van der Waals surface area contributed by atoms with E-state index in [1.807, 2.05) is 12.1 Å². The molecule has 7 nitrogen and oxygen atoms in total. The molecule has 0 atom stereocenters. The van der Waals surface area contributed by atoms with Crippen LogP contribution in [0.15, 0.2) is 47.0 Å². The summed E-state index contributed by atoms with van der Waals surface area (Å²) < 4.78 is 10.4. The van der Waals surface area contributed by atoms with Crippen LogP contribution in [0.25, 0.3) is 22.8 Å². The van der Waals surface area contributed by atoms with Crippen molar-refractivity contribution in [3.63, 3.8) is 0 Å². The normalized spacial score (nSPS) is 10.5. The first-order valence-corrected chi connectivity index (χ1v) is 6.89. The predicted molar refractivity (Wildman–Crippen MR) is 83.4 cm³/mol. The van der Waals surface area contributed by atoms with Gasteiger partial charge in [0.1, 0.15) is 10.8 Å². The summed E-state index contributed by atoms with van der Waals surface area (Å²) in [6.45, 7) is 0. The molecule has 2 aromatic carbocycles. The summed E-state index contributed by atoms with van der Waals surface area (Å²) >= 11 is 5.79. The zero-order chi connectivity index (χ0) is 16.4. The van der Waals surface area contributed by atoms with Crippen LogP contribution in [0.5, 0.6) is 5.75 Å². The van der Waals surface area contributed by atoms with E-state index in [9.17, 15) is 10.1 Å². The number of ether oxygens (including phenoxy) is 1. The number of benzene rings is 2. The third kappa shape index (κ3) is 2.86. The largest absolute Gasteiger partial charge is 0.496 e. The van der Waals surface area contributed by atoms with Gasteiger partial charge in [-0.05, 0) is 24.3 Å². The Kier molecular flexibility index (Phi) is 3.94. The highest BCUT2D eigenvalue weighted by Gasteiger charge is 2.18. The van der Waals surface area contributed by atoms with Crippen molar-refractivity contribution in [1.82, 2.24) is 10.1 Å². The van der Waals surface area contributed by atoms with Crippen LogP contribution in [0.1, 0.15) is 0 Å². The lowest BCUT2D eigenvalue weighted by molar-refractivity contribution is -0.384. The Labute approximate surface area is 135 Å². The Hall–Kier alpha value is -2.93. The summed E-state index contributed by atoms with van der Waals surface area (Å²) in [5.74, 6) is 1.09. The van der Waals surface area contributed by atoms with Crippen LogP contribution >= 0.6 is 11.6 Å². The molecule has 3 rings (SSSR count). The van der Waals surface area contributed by atoms with Crippen molar-refractivity contribution < 1.29 is 14.2 Å². The Morgan fingerprint density at radius 1 is 1.26 bits per heavy atom. The lowest BCUT2D eigenvalue weighted by atomic mass is 10.2. The summed E-state index contributed by atoms with van der Waals surface area (Å²) in [7, 11) is 1.54.